The van der Waals surface area contributed by atoms with E-state index in [0.29, 0.717) is 35.8 Å². The van der Waals surface area contributed by atoms with Gasteiger partial charge < -0.3 is 19.3 Å². The fourth-order valence-electron chi connectivity index (χ4n) is 3.87. The molecule has 0 spiro atoms. The lowest BCUT2D eigenvalue weighted by molar-refractivity contribution is -0.147. The second-order valence-electron chi connectivity index (χ2n) is 10.5. The molecule has 7 nitrogen and oxygen atoms in total. The fraction of sp³-hybridized carbons (Fsp3) is 0.485. The van der Waals surface area contributed by atoms with E-state index >= 15 is 0 Å². The maximum Gasteiger partial charge on any atom is 0.343 e. The zero-order valence-corrected chi connectivity index (χ0v) is 24.7. The van der Waals surface area contributed by atoms with Gasteiger partial charge in [-0.05, 0) is 88.8 Å². The zero-order chi connectivity index (χ0) is 29.3. The predicted octanol–water partition coefficient (Wildman–Crippen LogP) is 7.69. The second-order valence-corrected chi connectivity index (χ2v) is 10.5. The zero-order valence-electron chi connectivity index (χ0n) is 24.7. The van der Waals surface area contributed by atoms with E-state index in [0.717, 1.165) is 38.5 Å². The Hall–Kier alpha value is -3.61. The van der Waals surface area contributed by atoms with Crippen LogP contribution in [0.3, 0.4) is 0 Å². The Kier molecular flexibility index (Phi) is 14.6. The Balaban J connectivity index is 1.79. The average Bonchev–Trinajstić information content (AvgIpc) is 2.90. The van der Waals surface area contributed by atoms with Gasteiger partial charge in [0.2, 0.25) is 0 Å². The third kappa shape index (κ3) is 13.0. The van der Waals surface area contributed by atoms with Crippen LogP contribution in [0.2, 0.25) is 0 Å². The van der Waals surface area contributed by atoms with Gasteiger partial charge in [0.05, 0.1) is 18.7 Å². The molecule has 0 aliphatic heterocycles. The van der Waals surface area contributed by atoms with Crippen molar-refractivity contribution in [2.75, 3.05) is 13.2 Å². The van der Waals surface area contributed by atoms with Crippen molar-refractivity contribution in [2.24, 2.45) is 10.9 Å². The first kappa shape index (κ1) is 32.6. The number of phenols is 1. The van der Waals surface area contributed by atoms with Crippen LogP contribution in [0.1, 0.15) is 95.5 Å². The highest BCUT2D eigenvalue weighted by atomic mass is 16.5. The molecule has 0 aromatic heterocycles. The lowest BCUT2D eigenvalue weighted by Crippen LogP contribution is -2.17. The number of rotatable bonds is 17. The monoisotopic (exact) mass is 551 g/mol. The molecule has 0 amide bonds. The van der Waals surface area contributed by atoms with Gasteiger partial charge in [-0.3, -0.25) is 9.79 Å². The van der Waals surface area contributed by atoms with E-state index in [9.17, 15) is 14.7 Å². The van der Waals surface area contributed by atoms with Gasteiger partial charge in [-0.2, -0.15) is 0 Å². The van der Waals surface area contributed by atoms with E-state index in [1.165, 1.54) is 17.9 Å². The molecule has 0 bridgehead atoms. The number of esters is 2. The molecule has 218 valence electrons. The number of unbranched alkanes of at least 4 members (excludes halogenated alkanes) is 2. The lowest BCUT2D eigenvalue weighted by Gasteiger charge is -2.12. The summed E-state index contributed by atoms with van der Waals surface area (Å²) >= 11 is 0. The first-order valence-corrected chi connectivity index (χ1v) is 14.3. The summed E-state index contributed by atoms with van der Waals surface area (Å²) in [6.07, 6.45) is 9.90. The maximum absolute atomic E-state index is 12.6. The number of aromatic hydroxyl groups is 1. The molecule has 2 aromatic carbocycles. The Labute approximate surface area is 239 Å². The van der Waals surface area contributed by atoms with Gasteiger partial charge >= 0.3 is 11.9 Å². The van der Waals surface area contributed by atoms with Gasteiger partial charge in [0.15, 0.2) is 0 Å². The normalized spacial score (nSPS) is 12.5. The summed E-state index contributed by atoms with van der Waals surface area (Å²) in [5.74, 6) is 0.675. The number of aliphatic imine (C=N–C) groups is 1. The van der Waals surface area contributed by atoms with Gasteiger partial charge in [-0.15, -0.1) is 0 Å². The highest BCUT2D eigenvalue weighted by molar-refractivity contribution is 5.91. The van der Waals surface area contributed by atoms with E-state index < -0.39 is 5.97 Å². The van der Waals surface area contributed by atoms with Crippen LogP contribution < -0.4 is 9.47 Å². The molecule has 7 heteroatoms. The van der Waals surface area contributed by atoms with Crippen molar-refractivity contribution < 1.29 is 28.9 Å². The first-order valence-electron chi connectivity index (χ1n) is 14.3. The van der Waals surface area contributed by atoms with Crippen LogP contribution in [-0.4, -0.2) is 42.5 Å². The van der Waals surface area contributed by atoms with Crippen molar-refractivity contribution >= 4 is 18.2 Å². The summed E-state index contributed by atoms with van der Waals surface area (Å²) in [5.41, 5.74) is 2.19. The number of nitrogens with zero attached hydrogens (tertiary/aromatic N) is 1. The molecule has 2 atom stereocenters. The van der Waals surface area contributed by atoms with Crippen molar-refractivity contribution in [3.8, 4) is 17.2 Å². The number of benzene rings is 2. The van der Waals surface area contributed by atoms with E-state index in [1.54, 1.807) is 43.3 Å². The second kappa shape index (κ2) is 17.9. The number of phenolic OH excluding ortho intramolecular Hbond substituents is 1. The van der Waals surface area contributed by atoms with Crippen LogP contribution in [0, 0.1) is 5.92 Å². The van der Waals surface area contributed by atoms with E-state index in [2.05, 4.69) is 38.8 Å². The Morgan fingerprint density at radius 2 is 1.73 bits per heavy atom. The van der Waals surface area contributed by atoms with E-state index in [4.69, 9.17) is 14.2 Å². The summed E-state index contributed by atoms with van der Waals surface area (Å²) in [6, 6.07) is 11.4. The minimum atomic E-state index is -0.533. The highest BCUT2D eigenvalue weighted by Crippen LogP contribution is 2.24. The number of allylic oxidation sites excluding steroid dienone is 2. The fourth-order valence-corrected chi connectivity index (χ4v) is 3.87. The standard InChI is InChI=1S/C33H45NO6/c1-6-7-8-12-32(36)39-26(5)22-34-23-28-15-18-30(21-31(28)35)40-33(37)27-13-16-29(17-14-27)38-20-19-25(4)11-9-10-24(2)3/h10,13-18,21,23,25-26,35H,6-9,11-12,19-20,22H2,1-5H3/t25?,26-/m0/s1. The number of hydrogen-bond acceptors (Lipinski definition) is 7. The maximum atomic E-state index is 12.6. The molecule has 0 saturated heterocycles. The molecule has 1 unspecified atom stereocenters. The average molecular weight is 552 g/mol. The topological polar surface area (TPSA) is 94.4 Å². The smallest absolute Gasteiger partial charge is 0.343 e. The van der Waals surface area contributed by atoms with Crippen LogP contribution in [-0.2, 0) is 9.53 Å². The van der Waals surface area contributed by atoms with Crippen LogP contribution in [0.4, 0.5) is 0 Å². The van der Waals surface area contributed by atoms with Crippen LogP contribution in [0.15, 0.2) is 59.1 Å². The van der Waals surface area contributed by atoms with Gasteiger partial charge in [0.1, 0.15) is 23.4 Å². The number of carbonyl (C=O) groups excluding carboxylic acids is 2. The van der Waals surface area contributed by atoms with E-state index in [-0.39, 0.29) is 30.1 Å². The molecule has 0 aliphatic carbocycles. The van der Waals surface area contributed by atoms with Gasteiger partial charge in [-0.25, -0.2) is 4.79 Å². The molecule has 2 rings (SSSR count). The number of carbonyl (C=O) groups is 2. The summed E-state index contributed by atoms with van der Waals surface area (Å²) < 4.78 is 16.6. The minimum Gasteiger partial charge on any atom is -0.507 e. The van der Waals surface area contributed by atoms with Crippen molar-refractivity contribution in [3.63, 3.8) is 0 Å². The molecule has 0 heterocycles. The molecule has 1 N–H and O–H groups in total. The van der Waals surface area contributed by atoms with E-state index in [1.807, 2.05) is 0 Å². The third-order valence-corrected chi connectivity index (χ3v) is 6.30. The first-order chi connectivity index (χ1) is 19.2. The Morgan fingerprint density at radius 1 is 1.00 bits per heavy atom. The van der Waals surface area contributed by atoms with Crippen LogP contribution in [0.25, 0.3) is 0 Å². The summed E-state index contributed by atoms with van der Waals surface area (Å²) in [4.78, 5) is 28.6. The number of hydrogen-bond donors (Lipinski definition) is 1. The highest BCUT2D eigenvalue weighted by Gasteiger charge is 2.12. The van der Waals surface area contributed by atoms with Gasteiger partial charge in [-0.1, -0.05) is 38.3 Å². The predicted molar refractivity (Wildman–Crippen MR) is 160 cm³/mol. The molecule has 0 radical (unpaired) electrons. The molecular formula is C33H45NO6. The summed E-state index contributed by atoms with van der Waals surface area (Å²) in [5, 5.41) is 10.3. The Bertz CT molecular complexity index is 1120. The Morgan fingerprint density at radius 3 is 2.40 bits per heavy atom. The summed E-state index contributed by atoms with van der Waals surface area (Å²) in [7, 11) is 0. The molecular weight excluding hydrogens is 506 g/mol. The van der Waals surface area contributed by atoms with Gasteiger partial charge in [0, 0.05) is 24.3 Å². The molecule has 0 fully saturated rings. The molecule has 40 heavy (non-hydrogen) atoms. The third-order valence-electron chi connectivity index (χ3n) is 6.30. The molecule has 2 aromatic rings. The van der Waals surface area contributed by atoms with Crippen molar-refractivity contribution in [2.45, 2.75) is 85.7 Å². The van der Waals surface area contributed by atoms with Crippen molar-refractivity contribution in [3.05, 3.63) is 65.2 Å². The van der Waals surface area contributed by atoms with Crippen LogP contribution in [0.5, 0.6) is 17.2 Å². The van der Waals surface area contributed by atoms with Crippen molar-refractivity contribution in [1.29, 1.82) is 0 Å². The van der Waals surface area contributed by atoms with Gasteiger partial charge in [0.25, 0.3) is 0 Å². The van der Waals surface area contributed by atoms with Crippen molar-refractivity contribution in [1.82, 2.24) is 0 Å². The SMILES string of the molecule is CCCCCC(=O)O[C@@H](C)CN=Cc1ccc(OC(=O)c2ccc(OCCC(C)CCC=C(C)C)cc2)cc1O. The minimum absolute atomic E-state index is 0.0721. The lowest BCUT2D eigenvalue weighted by atomic mass is 10.0. The molecule has 0 aliphatic rings. The molecule has 0 saturated carbocycles. The van der Waals surface area contributed by atoms with Crippen LogP contribution >= 0.6 is 0 Å². The number of ether oxygens (including phenoxy) is 3. The largest absolute Gasteiger partial charge is 0.507 e. The quantitative estimate of drug-likeness (QED) is 0.0712. The summed E-state index contributed by atoms with van der Waals surface area (Å²) in [6.45, 7) is 11.2.